The number of hydrogen-bond donors (Lipinski definition) is 3. The number of hydrogen-bond acceptors (Lipinski definition) is 7. The Hall–Kier alpha value is -2.00. The highest BCUT2D eigenvalue weighted by Crippen LogP contribution is 2.30. The van der Waals surface area contributed by atoms with Crippen LogP contribution in [0.4, 0.5) is 0 Å². The van der Waals surface area contributed by atoms with Crippen molar-refractivity contribution in [3.63, 3.8) is 0 Å². The first-order valence-corrected chi connectivity index (χ1v) is 8.06. The SMILES string of the molecule is CCC1(C(=O)NC(CC(C)C)B(O)O)CC(c2cnccn2)=NO1. The van der Waals surface area contributed by atoms with E-state index in [1.54, 1.807) is 18.6 Å². The topological polar surface area (TPSA) is 117 Å². The highest BCUT2D eigenvalue weighted by molar-refractivity contribution is 6.43. The minimum absolute atomic E-state index is 0.200. The van der Waals surface area contributed by atoms with Crippen molar-refractivity contribution in [1.29, 1.82) is 0 Å². The lowest BCUT2D eigenvalue weighted by atomic mass is 9.74. The van der Waals surface area contributed by atoms with Gasteiger partial charge in [-0.25, -0.2) is 0 Å². The van der Waals surface area contributed by atoms with Gasteiger partial charge in [0.05, 0.1) is 12.1 Å². The molecule has 0 aliphatic carbocycles. The molecule has 24 heavy (non-hydrogen) atoms. The van der Waals surface area contributed by atoms with Crippen LogP contribution in [0, 0.1) is 5.92 Å². The van der Waals surface area contributed by atoms with Crippen LogP contribution in [0.2, 0.25) is 0 Å². The van der Waals surface area contributed by atoms with Crippen LogP contribution < -0.4 is 5.32 Å². The van der Waals surface area contributed by atoms with E-state index in [0.29, 0.717) is 24.2 Å². The van der Waals surface area contributed by atoms with E-state index in [1.165, 1.54) is 0 Å². The van der Waals surface area contributed by atoms with Crippen molar-refractivity contribution < 1.29 is 19.7 Å². The van der Waals surface area contributed by atoms with Crippen molar-refractivity contribution in [3.8, 4) is 0 Å². The number of oxime groups is 1. The van der Waals surface area contributed by atoms with E-state index in [9.17, 15) is 14.8 Å². The molecule has 0 spiro atoms. The van der Waals surface area contributed by atoms with Gasteiger partial charge in [0.1, 0.15) is 11.4 Å². The second-order valence-corrected chi connectivity index (χ2v) is 6.37. The standard InChI is InChI=1S/C15H23BN4O4/c1-4-15(14(21)19-13(16(22)23)7-10(2)3)8-11(20-24-15)12-9-17-5-6-18-12/h5-6,9-10,13,22-23H,4,7-8H2,1-3H3,(H,19,21). The van der Waals surface area contributed by atoms with Gasteiger partial charge in [0, 0.05) is 18.8 Å². The largest absolute Gasteiger partial charge is 0.475 e. The Morgan fingerprint density at radius 1 is 1.46 bits per heavy atom. The molecule has 2 rings (SSSR count). The van der Waals surface area contributed by atoms with Gasteiger partial charge < -0.3 is 20.2 Å². The fourth-order valence-electron chi connectivity index (χ4n) is 2.60. The number of aromatic nitrogens is 2. The molecule has 2 atom stereocenters. The number of nitrogens with one attached hydrogen (secondary N) is 1. The Balaban J connectivity index is 2.09. The Morgan fingerprint density at radius 3 is 2.75 bits per heavy atom. The number of carbonyl (C=O) groups excluding carboxylic acids is 1. The van der Waals surface area contributed by atoms with Crippen LogP contribution in [-0.4, -0.2) is 50.3 Å². The Labute approximate surface area is 141 Å². The fraction of sp³-hybridized carbons (Fsp3) is 0.600. The third-order valence-corrected chi connectivity index (χ3v) is 4.03. The summed E-state index contributed by atoms with van der Waals surface area (Å²) < 4.78 is 0. The van der Waals surface area contributed by atoms with Crippen LogP contribution in [0.15, 0.2) is 23.7 Å². The molecule has 1 aromatic rings. The van der Waals surface area contributed by atoms with Crippen molar-refractivity contribution in [2.24, 2.45) is 11.1 Å². The zero-order chi connectivity index (χ0) is 17.7. The molecule has 0 bridgehead atoms. The van der Waals surface area contributed by atoms with Gasteiger partial charge in [0.2, 0.25) is 5.60 Å². The maximum absolute atomic E-state index is 12.7. The van der Waals surface area contributed by atoms with Gasteiger partial charge in [-0.3, -0.25) is 14.8 Å². The average molecular weight is 334 g/mol. The number of nitrogens with zero attached hydrogens (tertiary/aromatic N) is 3. The Kier molecular flexibility index (Phi) is 5.90. The zero-order valence-electron chi connectivity index (χ0n) is 14.1. The van der Waals surface area contributed by atoms with Crippen LogP contribution in [0.3, 0.4) is 0 Å². The van der Waals surface area contributed by atoms with Crippen molar-refractivity contribution in [2.75, 3.05) is 0 Å². The summed E-state index contributed by atoms with van der Waals surface area (Å²) in [6, 6.07) is 0. The van der Waals surface area contributed by atoms with Crippen molar-refractivity contribution >= 4 is 18.7 Å². The first kappa shape index (κ1) is 18.3. The predicted molar refractivity (Wildman–Crippen MR) is 88.9 cm³/mol. The maximum Gasteiger partial charge on any atom is 0.475 e. The lowest BCUT2D eigenvalue weighted by molar-refractivity contribution is -0.144. The average Bonchev–Trinajstić information content (AvgIpc) is 3.00. The van der Waals surface area contributed by atoms with Crippen LogP contribution in [-0.2, 0) is 9.63 Å². The summed E-state index contributed by atoms with van der Waals surface area (Å²) in [7, 11) is -1.63. The van der Waals surface area contributed by atoms with Crippen LogP contribution in [0.1, 0.15) is 45.7 Å². The second kappa shape index (κ2) is 7.72. The molecule has 2 unspecified atom stereocenters. The molecule has 1 amide bonds. The zero-order valence-corrected chi connectivity index (χ0v) is 14.1. The van der Waals surface area contributed by atoms with Gasteiger partial charge >= 0.3 is 7.12 Å². The first-order chi connectivity index (χ1) is 11.4. The minimum Gasteiger partial charge on any atom is -0.426 e. The van der Waals surface area contributed by atoms with E-state index in [1.807, 2.05) is 20.8 Å². The smallest absolute Gasteiger partial charge is 0.426 e. The predicted octanol–water partition coefficient (Wildman–Crippen LogP) is 0.293. The molecule has 130 valence electrons. The quantitative estimate of drug-likeness (QED) is 0.617. The van der Waals surface area contributed by atoms with Crippen molar-refractivity contribution in [1.82, 2.24) is 15.3 Å². The molecular formula is C15H23BN4O4. The van der Waals surface area contributed by atoms with E-state index in [2.05, 4.69) is 20.4 Å². The second-order valence-electron chi connectivity index (χ2n) is 6.37. The minimum atomic E-state index is -1.63. The van der Waals surface area contributed by atoms with E-state index in [4.69, 9.17) is 4.84 Å². The van der Waals surface area contributed by atoms with E-state index in [-0.39, 0.29) is 12.3 Å². The Bertz CT molecular complexity index is 596. The van der Waals surface area contributed by atoms with Gasteiger partial charge in [0.15, 0.2) is 0 Å². The summed E-state index contributed by atoms with van der Waals surface area (Å²) >= 11 is 0. The summed E-state index contributed by atoms with van der Waals surface area (Å²) in [4.78, 5) is 26.3. The molecule has 9 heteroatoms. The molecule has 1 aliphatic heterocycles. The van der Waals surface area contributed by atoms with Gasteiger partial charge in [-0.2, -0.15) is 0 Å². The van der Waals surface area contributed by atoms with Crippen molar-refractivity contribution in [3.05, 3.63) is 24.3 Å². The van der Waals surface area contributed by atoms with Crippen molar-refractivity contribution in [2.45, 2.75) is 51.6 Å². The lowest BCUT2D eigenvalue weighted by Gasteiger charge is -2.27. The van der Waals surface area contributed by atoms with Gasteiger partial charge in [-0.1, -0.05) is 25.9 Å². The number of rotatable bonds is 7. The van der Waals surface area contributed by atoms with E-state index in [0.717, 1.165) is 0 Å². The highest BCUT2D eigenvalue weighted by atomic mass is 16.7. The molecule has 3 N–H and O–H groups in total. The molecule has 0 saturated carbocycles. The third kappa shape index (κ3) is 4.10. The van der Waals surface area contributed by atoms with Gasteiger partial charge in [-0.05, 0) is 18.8 Å². The summed E-state index contributed by atoms with van der Waals surface area (Å²) in [6.45, 7) is 5.71. The molecule has 0 saturated heterocycles. The molecule has 2 heterocycles. The van der Waals surface area contributed by atoms with Crippen LogP contribution >= 0.6 is 0 Å². The molecule has 0 radical (unpaired) electrons. The van der Waals surface area contributed by atoms with Crippen LogP contribution in [0.5, 0.6) is 0 Å². The number of carbonyl (C=O) groups is 1. The normalized spacial score (nSPS) is 21.2. The molecule has 0 fully saturated rings. The monoisotopic (exact) mass is 334 g/mol. The highest BCUT2D eigenvalue weighted by Gasteiger charge is 2.47. The molecule has 0 aromatic carbocycles. The number of amides is 1. The van der Waals surface area contributed by atoms with E-state index < -0.39 is 24.6 Å². The summed E-state index contributed by atoms with van der Waals surface area (Å²) in [6.07, 6.45) is 5.75. The molecular weight excluding hydrogens is 311 g/mol. The van der Waals surface area contributed by atoms with Crippen LogP contribution in [0.25, 0.3) is 0 Å². The van der Waals surface area contributed by atoms with Gasteiger partial charge in [0.25, 0.3) is 5.91 Å². The third-order valence-electron chi connectivity index (χ3n) is 4.03. The van der Waals surface area contributed by atoms with Gasteiger partial charge in [-0.15, -0.1) is 0 Å². The lowest BCUT2D eigenvalue weighted by Crippen LogP contribution is -2.55. The first-order valence-electron chi connectivity index (χ1n) is 8.06. The summed E-state index contributed by atoms with van der Waals surface area (Å²) in [5, 5.41) is 25.7. The fourth-order valence-corrected chi connectivity index (χ4v) is 2.60. The molecule has 8 nitrogen and oxygen atoms in total. The molecule has 1 aliphatic rings. The summed E-state index contributed by atoms with van der Waals surface area (Å²) in [5.41, 5.74) is -0.0663. The Morgan fingerprint density at radius 2 is 2.21 bits per heavy atom. The summed E-state index contributed by atoms with van der Waals surface area (Å²) in [5.74, 6) is -0.970. The maximum atomic E-state index is 12.7. The van der Waals surface area contributed by atoms with E-state index >= 15 is 0 Å². The molecule has 1 aromatic heterocycles.